The summed E-state index contributed by atoms with van der Waals surface area (Å²) < 4.78 is 5.84. The van der Waals surface area contributed by atoms with Gasteiger partial charge in [-0.2, -0.15) is 0 Å². The van der Waals surface area contributed by atoms with Crippen molar-refractivity contribution in [2.45, 2.75) is 50.7 Å². The summed E-state index contributed by atoms with van der Waals surface area (Å²) in [6.07, 6.45) is 6.33. The van der Waals surface area contributed by atoms with E-state index in [9.17, 15) is 5.11 Å². The molecule has 1 aliphatic carbocycles. The van der Waals surface area contributed by atoms with Gasteiger partial charge in [-0.15, -0.1) is 0 Å². The quantitative estimate of drug-likeness (QED) is 0.794. The Morgan fingerprint density at radius 3 is 2.47 bits per heavy atom. The van der Waals surface area contributed by atoms with Gasteiger partial charge in [-0.1, -0.05) is 30.3 Å². The molecule has 1 N–H and O–H groups in total. The summed E-state index contributed by atoms with van der Waals surface area (Å²) in [7, 11) is 0. The van der Waals surface area contributed by atoms with Crippen LogP contribution in [0.4, 0.5) is 0 Å². The lowest BCUT2D eigenvalue weighted by Crippen LogP contribution is -2.24. The molecule has 1 aliphatic rings. The molecular formula is C15H22O2. The van der Waals surface area contributed by atoms with Crippen molar-refractivity contribution in [1.82, 2.24) is 0 Å². The third-order valence-corrected chi connectivity index (χ3v) is 3.45. The van der Waals surface area contributed by atoms with Gasteiger partial charge < -0.3 is 9.84 Å². The van der Waals surface area contributed by atoms with Gasteiger partial charge in [0.2, 0.25) is 0 Å². The molecule has 1 aromatic rings. The van der Waals surface area contributed by atoms with Crippen molar-refractivity contribution in [3.8, 4) is 0 Å². The number of hydrogen-bond acceptors (Lipinski definition) is 2. The van der Waals surface area contributed by atoms with E-state index < -0.39 is 0 Å². The zero-order chi connectivity index (χ0) is 11.9. The maximum Gasteiger partial charge on any atom is 0.0577 e. The first-order valence-electron chi connectivity index (χ1n) is 6.68. The minimum atomic E-state index is -0.0841. The molecule has 0 atom stereocenters. The number of benzene rings is 1. The van der Waals surface area contributed by atoms with Crippen LogP contribution >= 0.6 is 0 Å². The molecule has 94 valence electrons. The third-order valence-electron chi connectivity index (χ3n) is 3.45. The van der Waals surface area contributed by atoms with Crippen LogP contribution in [0.2, 0.25) is 0 Å². The van der Waals surface area contributed by atoms with Crippen molar-refractivity contribution < 1.29 is 9.84 Å². The zero-order valence-corrected chi connectivity index (χ0v) is 10.3. The summed E-state index contributed by atoms with van der Waals surface area (Å²) in [5, 5.41) is 9.39. The lowest BCUT2D eigenvalue weighted by Gasteiger charge is -2.25. The van der Waals surface area contributed by atoms with Gasteiger partial charge in [0.25, 0.3) is 0 Å². The van der Waals surface area contributed by atoms with Gasteiger partial charge in [0.05, 0.1) is 12.2 Å². The summed E-state index contributed by atoms with van der Waals surface area (Å²) >= 11 is 0. The van der Waals surface area contributed by atoms with Crippen LogP contribution in [0.5, 0.6) is 0 Å². The minimum absolute atomic E-state index is 0.0841. The number of aliphatic hydroxyl groups excluding tert-OH is 1. The van der Waals surface area contributed by atoms with Crippen molar-refractivity contribution in [1.29, 1.82) is 0 Å². The van der Waals surface area contributed by atoms with Gasteiger partial charge in [-0.3, -0.25) is 0 Å². The number of aliphatic hydroxyl groups is 1. The summed E-state index contributed by atoms with van der Waals surface area (Å²) in [4.78, 5) is 0. The van der Waals surface area contributed by atoms with Crippen LogP contribution in [0.3, 0.4) is 0 Å². The molecule has 0 heterocycles. The fourth-order valence-corrected chi connectivity index (χ4v) is 2.38. The van der Waals surface area contributed by atoms with Gasteiger partial charge in [-0.25, -0.2) is 0 Å². The second-order valence-electron chi connectivity index (χ2n) is 4.89. The highest BCUT2D eigenvalue weighted by Gasteiger charge is 2.19. The molecule has 0 saturated heterocycles. The van der Waals surface area contributed by atoms with E-state index in [1.165, 1.54) is 5.56 Å². The van der Waals surface area contributed by atoms with E-state index in [0.717, 1.165) is 45.1 Å². The Hall–Kier alpha value is -0.860. The maximum absolute atomic E-state index is 9.39. The van der Waals surface area contributed by atoms with Crippen LogP contribution in [0, 0.1) is 0 Å². The monoisotopic (exact) mass is 234 g/mol. The van der Waals surface area contributed by atoms with Crippen LogP contribution in [0.1, 0.15) is 37.7 Å². The maximum atomic E-state index is 9.39. The van der Waals surface area contributed by atoms with Crippen molar-refractivity contribution >= 4 is 0 Å². The van der Waals surface area contributed by atoms with Crippen molar-refractivity contribution in [3.63, 3.8) is 0 Å². The Morgan fingerprint density at radius 2 is 1.76 bits per heavy atom. The van der Waals surface area contributed by atoms with Gasteiger partial charge in [0.1, 0.15) is 0 Å². The van der Waals surface area contributed by atoms with E-state index in [2.05, 4.69) is 24.3 Å². The molecule has 2 rings (SSSR count). The number of rotatable bonds is 5. The van der Waals surface area contributed by atoms with Gasteiger partial charge >= 0.3 is 0 Å². The van der Waals surface area contributed by atoms with Crippen LogP contribution < -0.4 is 0 Å². The topological polar surface area (TPSA) is 29.5 Å². The Bertz CT molecular complexity index is 302. The smallest absolute Gasteiger partial charge is 0.0577 e. The minimum Gasteiger partial charge on any atom is -0.393 e. The molecule has 1 aromatic carbocycles. The van der Waals surface area contributed by atoms with Crippen LogP contribution in [0.15, 0.2) is 30.3 Å². The molecule has 17 heavy (non-hydrogen) atoms. The van der Waals surface area contributed by atoms with Crippen LogP contribution in [0.25, 0.3) is 0 Å². The van der Waals surface area contributed by atoms with Gasteiger partial charge in [-0.05, 0) is 44.1 Å². The lowest BCUT2D eigenvalue weighted by atomic mass is 9.95. The Morgan fingerprint density at radius 1 is 1.06 bits per heavy atom. The standard InChI is InChI=1S/C15H22O2/c16-14-8-10-15(11-9-14)17-12-4-7-13-5-2-1-3-6-13/h1-3,5-6,14-16H,4,7-12H2. The van der Waals surface area contributed by atoms with E-state index in [1.807, 2.05) is 6.07 Å². The molecule has 0 amide bonds. The molecule has 0 aliphatic heterocycles. The van der Waals surface area contributed by atoms with Crippen molar-refractivity contribution in [3.05, 3.63) is 35.9 Å². The number of ether oxygens (including phenoxy) is 1. The van der Waals surface area contributed by atoms with Crippen molar-refractivity contribution in [2.24, 2.45) is 0 Å². The van der Waals surface area contributed by atoms with Gasteiger partial charge in [0.15, 0.2) is 0 Å². The second kappa shape index (κ2) is 6.77. The predicted octanol–water partition coefficient (Wildman–Crippen LogP) is 2.94. The lowest BCUT2D eigenvalue weighted by molar-refractivity contribution is -0.00381. The second-order valence-corrected chi connectivity index (χ2v) is 4.89. The number of hydrogen-bond donors (Lipinski definition) is 1. The highest BCUT2D eigenvalue weighted by molar-refractivity contribution is 5.14. The summed E-state index contributed by atoms with van der Waals surface area (Å²) in [5.41, 5.74) is 1.38. The van der Waals surface area contributed by atoms with Crippen LogP contribution in [-0.4, -0.2) is 23.9 Å². The molecule has 0 unspecified atom stereocenters. The number of aryl methyl sites for hydroxylation is 1. The fourth-order valence-electron chi connectivity index (χ4n) is 2.38. The Labute approximate surface area is 104 Å². The normalized spacial score (nSPS) is 24.8. The first-order valence-corrected chi connectivity index (χ1v) is 6.68. The summed E-state index contributed by atoms with van der Waals surface area (Å²) in [6.45, 7) is 0.843. The molecule has 0 radical (unpaired) electrons. The fraction of sp³-hybridized carbons (Fsp3) is 0.600. The first-order chi connectivity index (χ1) is 8.34. The van der Waals surface area contributed by atoms with E-state index in [0.29, 0.717) is 6.10 Å². The van der Waals surface area contributed by atoms with E-state index in [4.69, 9.17) is 4.74 Å². The Balaban J connectivity index is 1.57. The highest BCUT2D eigenvalue weighted by atomic mass is 16.5. The molecule has 1 fully saturated rings. The van der Waals surface area contributed by atoms with Gasteiger partial charge in [0, 0.05) is 6.61 Å². The first kappa shape index (κ1) is 12.6. The van der Waals surface area contributed by atoms with E-state index in [-0.39, 0.29) is 6.10 Å². The SMILES string of the molecule is OC1CCC(OCCCc2ccccc2)CC1. The molecule has 0 bridgehead atoms. The van der Waals surface area contributed by atoms with E-state index in [1.54, 1.807) is 0 Å². The van der Waals surface area contributed by atoms with E-state index >= 15 is 0 Å². The molecule has 2 heteroatoms. The highest BCUT2D eigenvalue weighted by Crippen LogP contribution is 2.21. The molecular weight excluding hydrogens is 212 g/mol. The summed E-state index contributed by atoms with van der Waals surface area (Å²) in [5.74, 6) is 0. The average Bonchev–Trinajstić information content (AvgIpc) is 2.38. The molecule has 0 aromatic heterocycles. The average molecular weight is 234 g/mol. The zero-order valence-electron chi connectivity index (χ0n) is 10.3. The molecule has 0 spiro atoms. The van der Waals surface area contributed by atoms with Crippen molar-refractivity contribution in [2.75, 3.05) is 6.61 Å². The Kier molecular flexibility index (Phi) is 5.02. The third kappa shape index (κ3) is 4.49. The summed E-state index contributed by atoms with van der Waals surface area (Å²) in [6, 6.07) is 10.5. The molecule has 1 saturated carbocycles. The molecule has 2 nitrogen and oxygen atoms in total. The van der Waals surface area contributed by atoms with Crippen LogP contribution in [-0.2, 0) is 11.2 Å². The largest absolute Gasteiger partial charge is 0.393 e. The predicted molar refractivity (Wildman–Crippen MR) is 69.0 cm³/mol.